The largest absolute Gasteiger partial charge is 0.497 e. The maximum Gasteiger partial charge on any atom is 0.260 e. The van der Waals surface area contributed by atoms with E-state index in [9.17, 15) is 13.2 Å². The molecule has 0 fully saturated rings. The Kier molecular flexibility index (Phi) is 7.91. The molecule has 180 valence electrons. The number of anilines is 1. The lowest BCUT2D eigenvalue weighted by Crippen LogP contribution is -2.39. The average molecular weight is 523 g/mol. The average Bonchev–Trinajstić information content (AvgIpc) is 3.03. The third-order valence-electron chi connectivity index (χ3n) is 5.02. The first-order chi connectivity index (χ1) is 16.0. The zero-order valence-electron chi connectivity index (χ0n) is 19.0. The summed E-state index contributed by atoms with van der Waals surface area (Å²) in [5, 5.41) is 5.05. The van der Waals surface area contributed by atoms with Crippen LogP contribution in [0.2, 0.25) is 10.0 Å². The van der Waals surface area contributed by atoms with Crippen molar-refractivity contribution in [2.24, 2.45) is 5.10 Å². The topological polar surface area (TPSA) is 93.0 Å². The van der Waals surface area contributed by atoms with E-state index in [0.29, 0.717) is 21.5 Å². The van der Waals surface area contributed by atoms with Gasteiger partial charge in [-0.25, -0.2) is 13.8 Å². The molecule has 8 nitrogen and oxygen atoms in total. The van der Waals surface area contributed by atoms with E-state index < -0.39 is 22.5 Å². The molecule has 3 aromatic rings. The molecule has 1 N–H and O–H groups in total. The minimum atomic E-state index is -3.70. The van der Waals surface area contributed by atoms with Crippen molar-refractivity contribution in [1.29, 1.82) is 0 Å². The number of amides is 1. The number of halogens is 2. The summed E-state index contributed by atoms with van der Waals surface area (Å²) in [4.78, 5) is 12.5. The standard InChI is InChI=1S/C23H24Cl2N4O4S/c1-15-9-17(16(2)29(15)21-11-18(24)10-19(25)12-21)13-26-27-23(30)14-28(34(4,31)32)20-5-7-22(33-3)8-6-20/h5-13H,14H2,1-4H3,(H,27,30)/b26-13+. The van der Waals surface area contributed by atoms with Crippen LogP contribution in [0.1, 0.15) is 17.0 Å². The number of rotatable bonds is 8. The van der Waals surface area contributed by atoms with Gasteiger partial charge in [0.15, 0.2) is 0 Å². The number of ether oxygens (including phenoxy) is 1. The van der Waals surface area contributed by atoms with Crippen LogP contribution >= 0.6 is 23.2 Å². The number of carbonyl (C=O) groups excluding carboxylic acids is 1. The predicted molar refractivity (Wildman–Crippen MR) is 136 cm³/mol. The van der Waals surface area contributed by atoms with Gasteiger partial charge in [-0.3, -0.25) is 9.10 Å². The Morgan fingerprint density at radius 2 is 1.74 bits per heavy atom. The summed E-state index contributed by atoms with van der Waals surface area (Å²) in [6.07, 6.45) is 2.53. The summed E-state index contributed by atoms with van der Waals surface area (Å²) in [6, 6.07) is 13.5. The predicted octanol–water partition coefficient (Wildman–Crippen LogP) is 4.33. The van der Waals surface area contributed by atoms with Crippen molar-refractivity contribution in [3.05, 3.63) is 75.5 Å². The van der Waals surface area contributed by atoms with Crippen LogP contribution in [0.5, 0.6) is 5.75 Å². The summed E-state index contributed by atoms with van der Waals surface area (Å²) in [5.41, 5.74) is 6.09. The minimum absolute atomic E-state index is 0.339. The van der Waals surface area contributed by atoms with Crippen molar-refractivity contribution in [3.8, 4) is 11.4 Å². The van der Waals surface area contributed by atoms with Gasteiger partial charge < -0.3 is 9.30 Å². The van der Waals surface area contributed by atoms with Crippen molar-refractivity contribution in [1.82, 2.24) is 9.99 Å². The number of methoxy groups -OCH3 is 1. The Bertz CT molecular complexity index is 1320. The lowest BCUT2D eigenvalue weighted by Gasteiger charge is -2.21. The molecule has 0 bridgehead atoms. The first kappa shape index (κ1) is 25.6. The molecule has 0 aliphatic carbocycles. The SMILES string of the molecule is COc1ccc(N(CC(=O)N/N=C/c2cc(C)n(-c3cc(Cl)cc(Cl)c3)c2C)S(C)(=O)=O)cc1. The first-order valence-electron chi connectivity index (χ1n) is 10.1. The van der Waals surface area contributed by atoms with E-state index in [1.165, 1.54) is 13.3 Å². The highest BCUT2D eigenvalue weighted by Crippen LogP contribution is 2.26. The molecule has 11 heteroatoms. The maximum absolute atomic E-state index is 12.5. The van der Waals surface area contributed by atoms with Crippen molar-refractivity contribution in [2.45, 2.75) is 13.8 Å². The van der Waals surface area contributed by atoms with Gasteiger partial charge >= 0.3 is 0 Å². The molecule has 34 heavy (non-hydrogen) atoms. The summed E-state index contributed by atoms with van der Waals surface area (Å²) < 4.78 is 32.5. The highest BCUT2D eigenvalue weighted by atomic mass is 35.5. The van der Waals surface area contributed by atoms with E-state index in [1.54, 1.807) is 42.5 Å². The van der Waals surface area contributed by atoms with Crippen molar-refractivity contribution < 1.29 is 17.9 Å². The zero-order valence-corrected chi connectivity index (χ0v) is 21.4. The minimum Gasteiger partial charge on any atom is -0.497 e. The maximum atomic E-state index is 12.5. The Balaban J connectivity index is 1.75. The molecule has 0 atom stereocenters. The molecular weight excluding hydrogens is 499 g/mol. The van der Waals surface area contributed by atoms with Crippen LogP contribution in [0.4, 0.5) is 5.69 Å². The van der Waals surface area contributed by atoms with Gasteiger partial charge in [-0.15, -0.1) is 0 Å². The smallest absolute Gasteiger partial charge is 0.260 e. The first-order valence-corrected chi connectivity index (χ1v) is 12.7. The number of hydrogen-bond donors (Lipinski definition) is 1. The molecule has 0 saturated heterocycles. The van der Waals surface area contributed by atoms with Crippen LogP contribution in [0.25, 0.3) is 5.69 Å². The number of hydrazone groups is 1. The van der Waals surface area contributed by atoms with Crippen LogP contribution < -0.4 is 14.5 Å². The van der Waals surface area contributed by atoms with Crippen molar-refractivity contribution in [3.63, 3.8) is 0 Å². The second kappa shape index (κ2) is 10.5. The normalized spacial score (nSPS) is 11.6. The number of nitrogens with zero attached hydrogens (tertiary/aromatic N) is 3. The van der Waals surface area contributed by atoms with Gasteiger partial charge in [0.1, 0.15) is 12.3 Å². The lowest BCUT2D eigenvalue weighted by molar-refractivity contribution is -0.119. The number of nitrogens with one attached hydrogen (secondary N) is 1. The fourth-order valence-corrected chi connectivity index (χ4v) is 4.84. The van der Waals surface area contributed by atoms with Gasteiger partial charge in [-0.05, 0) is 62.4 Å². The molecule has 0 unspecified atom stereocenters. The second-order valence-electron chi connectivity index (χ2n) is 7.55. The van der Waals surface area contributed by atoms with Crippen LogP contribution in [0.3, 0.4) is 0 Å². The fourth-order valence-electron chi connectivity index (χ4n) is 3.47. The fraction of sp³-hybridized carbons (Fsp3) is 0.217. The van der Waals surface area contributed by atoms with Crippen LogP contribution in [0.15, 0.2) is 53.6 Å². The number of hydrogen-bond acceptors (Lipinski definition) is 5. The quantitative estimate of drug-likeness (QED) is 0.352. The van der Waals surface area contributed by atoms with E-state index in [0.717, 1.165) is 33.2 Å². The highest BCUT2D eigenvalue weighted by molar-refractivity contribution is 7.92. The monoisotopic (exact) mass is 522 g/mol. The highest BCUT2D eigenvalue weighted by Gasteiger charge is 2.21. The summed E-state index contributed by atoms with van der Waals surface area (Å²) in [6.45, 7) is 3.40. The molecule has 1 aromatic heterocycles. The molecule has 0 saturated carbocycles. The van der Waals surface area contributed by atoms with E-state index in [1.807, 2.05) is 24.5 Å². The number of benzene rings is 2. The molecular formula is C23H24Cl2N4O4S. The number of aryl methyl sites for hydroxylation is 1. The molecule has 0 aliphatic heterocycles. The second-order valence-corrected chi connectivity index (χ2v) is 10.3. The number of aromatic nitrogens is 1. The third-order valence-corrected chi connectivity index (χ3v) is 6.59. The Labute approximate surface area is 208 Å². The molecule has 2 aromatic carbocycles. The molecule has 1 amide bonds. The van der Waals surface area contributed by atoms with Gasteiger partial charge in [0, 0.05) is 32.7 Å². The van der Waals surface area contributed by atoms with Crippen LogP contribution in [-0.2, 0) is 14.8 Å². The van der Waals surface area contributed by atoms with E-state index in [-0.39, 0.29) is 0 Å². The van der Waals surface area contributed by atoms with Crippen LogP contribution in [-0.4, -0.2) is 45.0 Å². The summed E-state index contributed by atoms with van der Waals surface area (Å²) in [5.74, 6) is -0.0168. The van der Waals surface area contributed by atoms with Crippen molar-refractivity contribution in [2.75, 3.05) is 24.2 Å². The molecule has 0 radical (unpaired) electrons. The molecule has 1 heterocycles. The molecule has 0 spiro atoms. The number of sulfonamides is 1. The lowest BCUT2D eigenvalue weighted by atomic mass is 10.2. The van der Waals surface area contributed by atoms with E-state index in [4.69, 9.17) is 27.9 Å². The van der Waals surface area contributed by atoms with Crippen LogP contribution in [0, 0.1) is 13.8 Å². The van der Waals surface area contributed by atoms with Gasteiger partial charge in [-0.2, -0.15) is 5.10 Å². The number of carbonyl (C=O) groups is 1. The van der Waals surface area contributed by atoms with Gasteiger partial charge in [0.2, 0.25) is 10.0 Å². The Morgan fingerprint density at radius 1 is 1.12 bits per heavy atom. The van der Waals surface area contributed by atoms with Gasteiger partial charge in [0.05, 0.1) is 25.3 Å². The summed E-state index contributed by atoms with van der Waals surface area (Å²) >= 11 is 12.3. The Hall–Kier alpha value is -3.01. The van der Waals surface area contributed by atoms with E-state index in [2.05, 4.69) is 10.5 Å². The van der Waals surface area contributed by atoms with Crippen molar-refractivity contribution >= 4 is 51.0 Å². The third kappa shape index (κ3) is 6.11. The molecule has 0 aliphatic rings. The van der Waals surface area contributed by atoms with Gasteiger partial charge in [-0.1, -0.05) is 23.2 Å². The van der Waals surface area contributed by atoms with E-state index >= 15 is 0 Å². The zero-order chi connectivity index (χ0) is 25.0. The van der Waals surface area contributed by atoms with Gasteiger partial charge in [0.25, 0.3) is 5.91 Å². The molecule has 3 rings (SSSR count). The Morgan fingerprint density at radius 3 is 2.29 bits per heavy atom. The summed E-state index contributed by atoms with van der Waals surface area (Å²) in [7, 11) is -2.19.